The predicted molar refractivity (Wildman–Crippen MR) is 75.9 cm³/mol. The van der Waals surface area contributed by atoms with E-state index in [1.165, 1.54) is 0 Å². The van der Waals surface area contributed by atoms with E-state index in [9.17, 15) is 0 Å². The largest absolute Gasteiger partial charge is 0.497 e. The van der Waals surface area contributed by atoms with Gasteiger partial charge in [-0.25, -0.2) is 0 Å². The van der Waals surface area contributed by atoms with Crippen molar-refractivity contribution in [2.24, 2.45) is 0 Å². The van der Waals surface area contributed by atoms with E-state index in [1.54, 1.807) is 7.11 Å². The van der Waals surface area contributed by atoms with Gasteiger partial charge in [-0.05, 0) is 30.3 Å². The first-order valence-corrected chi connectivity index (χ1v) is 6.40. The maximum Gasteiger partial charge on any atom is 0.136 e. The minimum absolute atomic E-state index is 0.835. The molecule has 0 spiro atoms. The summed E-state index contributed by atoms with van der Waals surface area (Å²) >= 11 is 3.53. The third kappa shape index (κ3) is 1.91. The summed E-state index contributed by atoms with van der Waals surface area (Å²) in [6.07, 6.45) is 0. The van der Waals surface area contributed by atoms with Gasteiger partial charge in [-0.1, -0.05) is 34.1 Å². The molecule has 0 radical (unpaired) electrons. The normalized spacial score (nSPS) is 10.8. The van der Waals surface area contributed by atoms with E-state index in [0.717, 1.165) is 32.5 Å². The highest BCUT2D eigenvalue weighted by atomic mass is 79.9. The Morgan fingerprint density at radius 3 is 2.67 bits per heavy atom. The molecule has 3 aromatic rings. The van der Waals surface area contributed by atoms with Crippen LogP contribution < -0.4 is 4.74 Å². The van der Waals surface area contributed by atoms with Crippen molar-refractivity contribution in [3.63, 3.8) is 0 Å². The molecule has 0 fully saturated rings. The van der Waals surface area contributed by atoms with Crippen molar-refractivity contribution in [3.8, 4) is 17.1 Å². The van der Waals surface area contributed by atoms with Gasteiger partial charge in [-0.15, -0.1) is 0 Å². The molecule has 0 bridgehead atoms. The highest BCUT2D eigenvalue weighted by Crippen LogP contribution is 2.33. The smallest absolute Gasteiger partial charge is 0.136 e. The lowest BCUT2D eigenvalue weighted by Crippen LogP contribution is -1.79. The highest BCUT2D eigenvalue weighted by Gasteiger charge is 2.09. The molecule has 0 atom stereocenters. The molecule has 0 aliphatic heterocycles. The van der Waals surface area contributed by atoms with Crippen LogP contribution in [-0.4, -0.2) is 7.11 Å². The second kappa shape index (κ2) is 4.50. The van der Waals surface area contributed by atoms with Gasteiger partial charge in [0.05, 0.1) is 7.11 Å². The number of ether oxygens (including phenoxy) is 1. The molecule has 3 heteroatoms. The zero-order valence-electron chi connectivity index (χ0n) is 9.81. The molecule has 0 unspecified atom stereocenters. The minimum atomic E-state index is 0.835. The molecule has 0 aliphatic carbocycles. The third-order valence-electron chi connectivity index (χ3n) is 2.86. The Morgan fingerprint density at radius 1 is 1.06 bits per heavy atom. The summed E-state index contributed by atoms with van der Waals surface area (Å²) < 4.78 is 12.1. The Morgan fingerprint density at radius 2 is 1.89 bits per heavy atom. The maximum atomic E-state index is 5.85. The number of rotatable bonds is 2. The van der Waals surface area contributed by atoms with E-state index in [1.807, 2.05) is 48.5 Å². The van der Waals surface area contributed by atoms with Crippen molar-refractivity contribution in [1.82, 2.24) is 0 Å². The Bertz CT molecular complexity index is 701. The van der Waals surface area contributed by atoms with Crippen LogP contribution in [0.15, 0.2) is 57.4 Å². The third-order valence-corrected chi connectivity index (χ3v) is 3.55. The SMILES string of the molecule is COc1ccc2oc(-c3ccccc3Br)cc2c1. The van der Waals surface area contributed by atoms with Crippen LogP contribution >= 0.6 is 15.9 Å². The molecule has 18 heavy (non-hydrogen) atoms. The van der Waals surface area contributed by atoms with Crippen molar-refractivity contribution in [2.75, 3.05) is 7.11 Å². The van der Waals surface area contributed by atoms with E-state index in [-0.39, 0.29) is 0 Å². The Hall–Kier alpha value is -1.74. The predicted octanol–water partition coefficient (Wildman–Crippen LogP) is 4.87. The summed E-state index contributed by atoms with van der Waals surface area (Å²) in [7, 11) is 1.66. The number of benzene rings is 2. The van der Waals surface area contributed by atoms with E-state index in [0.29, 0.717) is 0 Å². The van der Waals surface area contributed by atoms with Gasteiger partial charge in [-0.2, -0.15) is 0 Å². The average molecular weight is 303 g/mol. The van der Waals surface area contributed by atoms with Crippen LogP contribution in [0, 0.1) is 0 Å². The van der Waals surface area contributed by atoms with Crippen molar-refractivity contribution >= 4 is 26.9 Å². The van der Waals surface area contributed by atoms with Gasteiger partial charge in [0, 0.05) is 15.4 Å². The first kappa shape index (κ1) is 11.4. The Kier molecular flexibility index (Phi) is 2.84. The highest BCUT2D eigenvalue weighted by molar-refractivity contribution is 9.10. The quantitative estimate of drug-likeness (QED) is 0.674. The van der Waals surface area contributed by atoms with E-state index in [4.69, 9.17) is 9.15 Å². The van der Waals surface area contributed by atoms with Crippen LogP contribution in [0.25, 0.3) is 22.3 Å². The van der Waals surface area contributed by atoms with Crippen molar-refractivity contribution in [1.29, 1.82) is 0 Å². The number of methoxy groups -OCH3 is 1. The zero-order chi connectivity index (χ0) is 12.5. The van der Waals surface area contributed by atoms with Crippen LogP contribution in [0.2, 0.25) is 0 Å². The fraction of sp³-hybridized carbons (Fsp3) is 0.0667. The van der Waals surface area contributed by atoms with Crippen LogP contribution in [0.3, 0.4) is 0 Å². The van der Waals surface area contributed by atoms with Gasteiger partial charge in [0.1, 0.15) is 17.1 Å². The first-order valence-electron chi connectivity index (χ1n) is 5.60. The number of furan rings is 1. The molecule has 0 saturated heterocycles. The van der Waals surface area contributed by atoms with E-state index >= 15 is 0 Å². The minimum Gasteiger partial charge on any atom is -0.497 e. The number of hydrogen-bond donors (Lipinski definition) is 0. The molecule has 1 heterocycles. The van der Waals surface area contributed by atoms with Crippen LogP contribution in [0.5, 0.6) is 5.75 Å². The topological polar surface area (TPSA) is 22.4 Å². The number of halogens is 1. The fourth-order valence-electron chi connectivity index (χ4n) is 1.94. The molecule has 0 N–H and O–H groups in total. The summed E-state index contributed by atoms with van der Waals surface area (Å²) in [5.74, 6) is 1.69. The van der Waals surface area contributed by atoms with Crippen molar-refractivity contribution in [2.45, 2.75) is 0 Å². The molecular weight excluding hydrogens is 292 g/mol. The lowest BCUT2D eigenvalue weighted by Gasteiger charge is -1.98. The van der Waals surface area contributed by atoms with Crippen LogP contribution in [-0.2, 0) is 0 Å². The molecule has 0 amide bonds. The zero-order valence-corrected chi connectivity index (χ0v) is 11.4. The monoisotopic (exact) mass is 302 g/mol. The summed E-state index contributed by atoms with van der Waals surface area (Å²) in [5, 5.41) is 1.04. The van der Waals surface area contributed by atoms with Crippen LogP contribution in [0.1, 0.15) is 0 Å². The van der Waals surface area contributed by atoms with Crippen molar-refractivity contribution in [3.05, 3.63) is 53.0 Å². The van der Waals surface area contributed by atoms with Gasteiger partial charge in [-0.3, -0.25) is 0 Å². The molecule has 0 aliphatic rings. The Balaban J connectivity index is 2.17. The molecule has 2 nitrogen and oxygen atoms in total. The summed E-state index contributed by atoms with van der Waals surface area (Å²) in [6, 6.07) is 15.8. The van der Waals surface area contributed by atoms with E-state index in [2.05, 4.69) is 15.9 Å². The summed E-state index contributed by atoms with van der Waals surface area (Å²) in [5.41, 5.74) is 1.91. The molecular formula is C15H11BrO2. The van der Waals surface area contributed by atoms with E-state index < -0.39 is 0 Å². The van der Waals surface area contributed by atoms with Crippen LogP contribution in [0.4, 0.5) is 0 Å². The number of hydrogen-bond acceptors (Lipinski definition) is 2. The maximum absolute atomic E-state index is 5.85. The van der Waals surface area contributed by atoms with Gasteiger partial charge in [0.25, 0.3) is 0 Å². The number of fused-ring (bicyclic) bond motifs is 1. The second-order valence-electron chi connectivity index (χ2n) is 3.99. The van der Waals surface area contributed by atoms with Gasteiger partial charge in [0.15, 0.2) is 0 Å². The molecule has 0 saturated carbocycles. The first-order chi connectivity index (χ1) is 8.78. The summed E-state index contributed by atoms with van der Waals surface area (Å²) in [4.78, 5) is 0. The molecule has 2 aromatic carbocycles. The lowest BCUT2D eigenvalue weighted by atomic mass is 10.1. The Labute approximate surface area is 113 Å². The second-order valence-corrected chi connectivity index (χ2v) is 4.85. The molecule has 3 rings (SSSR count). The van der Waals surface area contributed by atoms with Gasteiger partial charge >= 0.3 is 0 Å². The fourth-order valence-corrected chi connectivity index (χ4v) is 2.42. The van der Waals surface area contributed by atoms with Crippen molar-refractivity contribution < 1.29 is 9.15 Å². The molecule has 1 aromatic heterocycles. The summed E-state index contributed by atoms with van der Waals surface area (Å²) in [6.45, 7) is 0. The average Bonchev–Trinajstić information content (AvgIpc) is 2.81. The van der Waals surface area contributed by atoms with Gasteiger partial charge < -0.3 is 9.15 Å². The lowest BCUT2D eigenvalue weighted by molar-refractivity contribution is 0.415. The molecule has 90 valence electrons. The van der Waals surface area contributed by atoms with Gasteiger partial charge in [0.2, 0.25) is 0 Å². The standard InChI is InChI=1S/C15H11BrO2/c1-17-11-6-7-14-10(8-11)9-15(18-14)12-4-2-3-5-13(12)16/h2-9H,1H3.